The van der Waals surface area contributed by atoms with Crippen LogP contribution in [0.5, 0.6) is 0 Å². The van der Waals surface area contributed by atoms with E-state index in [1.165, 1.54) is 31.3 Å². The summed E-state index contributed by atoms with van der Waals surface area (Å²) in [6.07, 6.45) is 11.1. The molecule has 0 amide bonds. The molecule has 7 unspecified atom stereocenters. The first-order chi connectivity index (χ1) is 20.9. The molecule has 45 heavy (non-hydrogen) atoms. The second-order valence-corrected chi connectivity index (χ2v) is 19.2. The van der Waals surface area contributed by atoms with Gasteiger partial charge in [-0.15, -0.1) is 0 Å². The molecule has 0 aliphatic heterocycles. The summed E-state index contributed by atoms with van der Waals surface area (Å²) in [7, 11) is -3.83. The van der Waals surface area contributed by atoms with E-state index >= 15 is 0 Å². The maximum atomic E-state index is 13.4. The Kier molecular flexibility index (Phi) is 8.08. The minimum Gasteiger partial charge on any atom is -0.462 e. The third kappa shape index (κ3) is 4.92. The van der Waals surface area contributed by atoms with Gasteiger partial charge in [-0.3, -0.25) is 8.98 Å². The van der Waals surface area contributed by atoms with Gasteiger partial charge < -0.3 is 4.74 Å². The molecule has 0 aromatic heterocycles. The van der Waals surface area contributed by atoms with E-state index in [1.807, 2.05) is 19.1 Å². The fourth-order valence-corrected chi connectivity index (χ4v) is 13.9. The van der Waals surface area contributed by atoms with Gasteiger partial charge in [0, 0.05) is 12.3 Å². The predicted octanol–water partition coefficient (Wildman–Crippen LogP) is 9.29. The highest BCUT2D eigenvalue weighted by Crippen LogP contribution is 2.77. The maximum Gasteiger partial charge on any atom is 0.302 e. The molecule has 5 saturated carbocycles. The van der Waals surface area contributed by atoms with Crippen molar-refractivity contribution in [3.8, 4) is 0 Å². The fourth-order valence-electron chi connectivity index (χ4n) is 12.9. The molecule has 5 nitrogen and oxygen atoms in total. The quantitative estimate of drug-likeness (QED) is 0.176. The third-order valence-electron chi connectivity index (χ3n) is 15.3. The number of allylic oxidation sites excluding steroid dienone is 1. The zero-order valence-electron chi connectivity index (χ0n) is 29.2. The molecular formula is C39H58O5S. The lowest BCUT2D eigenvalue weighted by atomic mass is 9.32. The molecule has 1 aromatic rings. The Morgan fingerprint density at radius 1 is 0.844 bits per heavy atom. The Morgan fingerprint density at radius 2 is 1.53 bits per heavy atom. The number of hydrogen-bond donors (Lipinski definition) is 0. The van der Waals surface area contributed by atoms with Crippen LogP contribution < -0.4 is 0 Å². The molecule has 6 heteroatoms. The largest absolute Gasteiger partial charge is 0.462 e. The highest BCUT2D eigenvalue weighted by atomic mass is 32.2. The first-order valence-corrected chi connectivity index (χ1v) is 19.1. The fraction of sp³-hybridized carbons (Fsp3) is 0.769. The monoisotopic (exact) mass is 638 g/mol. The Morgan fingerprint density at radius 3 is 2.18 bits per heavy atom. The van der Waals surface area contributed by atoms with Gasteiger partial charge in [0.05, 0.1) is 11.5 Å². The minimum absolute atomic E-state index is 0.00865. The minimum atomic E-state index is -3.83. The van der Waals surface area contributed by atoms with Crippen LogP contribution in [0.3, 0.4) is 0 Å². The average molecular weight is 639 g/mol. The highest BCUT2D eigenvalue weighted by Gasteiger charge is 2.71. The number of ether oxygens (including phenoxy) is 1. The van der Waals surface area contributed by atoms with Crippen molar-refractivity contribution < 1.29 is 22.1 Å². The summed E-state index contributed by atoms with van der Waals surface area (Å²) in [6.45, 7) is 23.0. The van der Waals surface area contributed by atoms with Gasteiger partial charge in [-0.05, 0) is 141 Å². The summed E-state index contributed by atoms with van der Waals surface area (Å²) in [5.74, 6) is 2.31. The van der Waals surface area contributed by atoms with E-state index in [-0.39, 0.29) is 50.7 Å². The number of rotatable bonds is 6. The zero-order valence-corrected chi connectivity index (χ0v) is 30.0. The van der Waals surface area contributed by atoms with Crippen molar-refractivity contribution in [2.75, 3.05) is 6.61 Å². The lowest BCUT2D eigenvalue weighted by Gasteiger charge is -2.73. The van der Waals surface area contributed by atoms with Crippen LogP contribution >= 0.6 is 0 Å². The Labute approximate surface area is 273 Å². The van der Waals surface area contributed by atoms with E-state index in [0.717, 1.165) is 44.1 Å². The standard InChI is InChI=1S/C39H58O5S/c1-25(2)29-16-21-39(24-43-45(41,42)28-12-10-26(3)11-13-28)23-22-37(8)30(34(29)39)14-15-32-36(7)19-18-33(44-27(4)40)35(5,6)31(36)17-20-38(32,37)9/h10-13,29-34H,1,14-24H2,2-9H3/t29?,30?,31?,32?,33?,34?,36-,37+,38+,39?/m0/s1. The Hall–Kier alpha value is -1.66. The number of esters is 1. The molecular weight excluding hydrogens is 580 g/mol. The summed E-state index contributed by atoms with van der Waals surface area (Å²) in [5, 5.41) is 0. The molecule has 10 atom stereocenters. The first-order valence-electron chi connectivity index (χ1n) is 17.7. The Balaban J connectivity index is 1.31. The van der Waals surface area contributed by atoms with Crippen molar-refractivity contribution in [3.05, 3.63) is 42.0 Å². The summed E-state index contributed by atoms with van der Waals surface area (Å²) >= 11 is 0. The van der Waals surface area contributed by atoms with Gasteiger partial charge >= 0.3 is 5.97 Å². The second kappa shape index (κ2) is 10.9. The molecule has 5 fully saturated rings. The van der Waals surface area contributed by atoms with E-state index in [1.54, 1.807) is 19.1 Å². The highest BCUT2D eigenvalue weighted by molar-refractivity contribution is 7.86. The van der Waals surface area contributed by atoms with Gasteiger partial charge in [-0.25, -0.2) is 0 Å². The summed E-state index contributed by atoms with van der Waals surface area (Å²) in [5.41, 5.74) is 2.69. The van der Waals surface area contributed by atoms with E-state index in [0.29, 0.717) is 29.6 Å². The van der Waals surface area contributed by atoms with Gasteiger partial charge in [0.1, 0.15) is 6.10 Å². The Bertz CT molecular complexity index is 1450. The van der Waals surface area contributed by atoms with Gasteiger partial charge in [-0.2, -0.15) is 8.42 Å². The van der Waals surface area contributed by atoms with Crippen LogP contribution in [0, 0.1) is 63.6 Å². The number of carbonyl (C=O) groups is 1. The van der Waals surface area contributed by atoms with Gasteiger partial charge in [0.25, 0.3) is 10.1 Å². The average Bonchev–Trinajstić information content (AvgIpc) is 3.34. The molecule has 5 aliphatic rings. The van der Waals surface area contributed by atoms with E-state index in [2.05, 4.69) is 48.1 Å². The number of hydrogen-bond acceptors (Lipinski definition) is 5. The van der Waals surface area contributed by atoms with Gasteiger partial charge in [0.15, 0.2) is 0 Å². The summed E-state index contributed by atoms with van der Waals surface area (Å²) < 4.78 is 38.8. The van der Waals surface area contributed by atoms with E-state index < -0.39 is 10.1 Å². The SMILES string of the molecule is C=C(C)C1CCC2(COS(=O)(=O)c3ccc(C)cc3)CC[C@]3(C)C(CCC4[C@@]5(C)CCC(OC(C)=O)C(C)(C)C5CC[C@]43C)C12. The van der Waals surface area contributed by atoms with Crippen molar-refractivity contribution in [2.45, 2.75) is 131 Å². The van der Waals surface area contributed by atoms with Crippen molar-refractivity contribution in [3.63, 3.8) is 0 Å². The van der Waals surface area contributed by atoms with Crippen molar-refractivity contribution in [1.82, 2.24) is 0 Å². The second-order valence-electron chi connectivity index (χ2n) is 17.5. The number of benzene rings is 1. The van der Waals surface area contributed by atoms with Crippen LogP contribution in [-0.4, -0.2) is 27.1 Å². The molecule has 0 radical (unpaired) electrons. The van der Waals surface area contributed by atoms with Crippen LogP contribution in [0.4, 0.5) is 0 Å². The van der Waals surface area contributed by atoms with Crippen LogP contribution in [-0.2, 0) is 23.8 Å². The molecule has 1 aromatic carbocycles. The van der Waals surface area contributed by atoms with Crippen LogP contribution in [0.15, 0.2) is 41.3 Å². The smallest absolute Gasteiger partial charge is 0.302 e. The number of aryl methyl sites for hydroxylation is 1. The number of fused-ring (bicyclic) bond motifs is 7. The zero-order chi connectivity index (χ0) is 32.8. The predicted molar refractivity (Wildman–Crippen MR) is 179 cm³/mol. The van der Waals surface area contributed by atoms with Crippen LogP contribution in [0.2, 0.25) is 0 Å². The van der Waals surface area contributed by atoms with Crippen LogP contribution in [0.25, 0.3) is 0 Å². The van der Waals surface area contributed by atoms with Crippen molar-refractivity contribution in [1.29, 1.82) is 0 Å². The van der Waals surface area contributed by atoms with E-state index in [4.69, 9.17) is 8.92 Å². The molecule has 250 valence electrons. The molecule has 5 aliphatic carbocycles. The lowest BCUT2D eigenvalue weighted by molar-refractivity contribution is -0.251. The number of carbonyl (C=O) groups excluding carboxylic acids is 1. The molecule has 0 N–H and O–H groups in total. The maximum absolute atomic E-state index is 13.4. The molecule has 0 saturated heterocycles. The van der Waals surface area contributed by atoms with Crippen molar-refractivity contribution in [2.24, 2.45) is 56.7 Å². The van der Waals surface area contributed by atoms with Gasteiger partial charge in [0.2, 0.25) is 0 Å². The third-order valence-corrected chi connectivity index (χ3v) is 16.6. The molecule has 0 bridgehead atoms. The molecule has 0 spiro atoms. The lowest BCUT2D eigenvalue weighted by Crippen LogP contribution is -2.67. The normalized spacial score (nSPS) is 43.7. The first kappa shape index (κ1) is 33.2. The van der Waals surface area contributed by atoms with Crippen LogP contribution in [0.1, 0.15) is 118 Å². The molecule has 0 heterocycles. The molecule has 6 rings (SSSR count). The summed E-state index contributed by atoms with van der Waals surface area (Å²) in [4.78, 5) is 12.3. The summed E-state index contributed by atoms with van der Waals surface area (Å²) in [6, 6.07) is 7.02. The van der Waals surface area contributed by atoms with Gasteiger partial charge in [-0.1, -0.05) is 64.5 Å². The van der Waals surface area contributed by atoms with E-state index in [9.17, 15) is 13.2 Å². The topological polar surface area (TPSA) is 69.7 Å². The van der Waals surface area contributed by atoms with Crippen molar-refractivity contribution >= 4 is 16.1 Å².